The van der Waals surface area contributed by atoms with E-state index in [1.54, 1.807) is 7.11 Å². The lowest BCUT2D eigenvalue weighted by molar-refractivity contribution is 0.0253. The highest BCUT2D eigenvalue weighted by molar-refractivity contribution is 6.18. The molecular weight excluding hydrogens is 242 g/mol. The number of methoxy groups -OCH3 is 1. The van der Waals surface area contributed by atoms with Crippen LogP contribution in [0.4, 0.5) is 0 Å². The molecule has 0 aliphatic rings. The van der Waals surface area contributed by atoms with Gasteiger partial charge in [0, 0.05) is 26.1 Å². The molecule has 0 atom stereocenters. The second-order valence-electron chi connectivity index (χ2n) is 4.69. The van der Waals surface area contributed by atoms with E-state index in [2.05, 4.69) is 19.2 Å². The predicted octanol–water partition coefficient (Wildman–Crippen LogP) is 1.52. The number of nitrogens with one attached hydrogen (secondary N) is 1. The molecule has 0 rings (SSSR count). The summed E-state index contributed by atoms with van der Waals surface area (Å²) in [4.78, 5) is 0. The predicted molar refractivity (Wildman–Crippen MR) is 70.9 cm³/mol. The van der Waals surface area contributed by atoms with E-state index in [4.69, 9.17) is 25.8 Å². The van der Waals surface area contributed by atoms with Crippen molar-refractivity contribution in [2.45, 2.75) is 13.8 Å². The molecule has 0 aliphatic heterocycles. The molecule has 0 aromatic rings. The molecule has 0 bridgehead atoms. The molecular formula is C12H26ClNO3. The van der Waals surface area contributed by atoms with Crippen molar-refractivity contribution in [3.05, 3.63) is 0 Å². The summed E-state index contributed by atoms with van der Waals surface area (Å²) in [5.74, 6) is 0.661. The highest BCUT2D eigenvalue weighted by Crippen LogP contribution is 2.14. The minimum Gasteiger partial charge on any atom is -0.382 e. The van der Waals surface area contributed by atoms with Gasteiger partial charge in [-0.2, -0.15) is 0 Å². The average molecular weight is 268 g/mol. The van der Waals surface area contributed by atoms with E-state index >= 15 is 0 Å². The first-order valence-electron chi connectivity index (χ1n) is 6.03. The van der Waals surface area contributed by atoms with Gasteiger partial charge in [0.15, 0.2) is 0 Å². The van der Waals surface area contributed by atoms with Gasteiger partial charge >= 0.3 is 0 Å². The van der Waals surface area contributed by atoms with Crippen molar-refractivity contribution >= 4 is 11.6 Å². The Labute approximate surface area is 110 Å². The van der Waals surface area contributed by atoms with Crippen LogP contribution in [0.1, 0.15) is 13.8 Å². The summed E-state index contributed by atoms with van der Waals surface area (Å²) in [6, 6.07) is 0. The maximum Gasteiger partial charge on any atom is 0.0701 e. The van der Waals surface area contributed by atoms with Crippen LogP contribution < -0.4 is 5.32 Å². The molecule has 4 nitrogen and oxygen atoms in total. The highest BCUT2D eigenvalue weighted by Gasteiger charge is 2.14. The molecule has 0 saturated carbocycles. The number of alkyl halides is 1. The summed E-state index contributed by atoms with van der Waals surface area (Å²) < 4.78 is 15.5. The SMILES string of the molecule is COCCOCCOCCNCC(C)(C)CCl. The van der Waals surface area contributed by atoms with Gasteiger partial charge in [-0.05, 0) is 5.41 Å². The van der Waals surface area contributed by atoms with Crippen molar-refractivity contribution in [2.75, 3.05) is 59.1 Å². The van der Waals surface area contributed by atoms with Crippen LogP contribution >= 0.6 is 11.6 Å². The molecule has 0 spiro atoms. The number of rotatable bonds is 12. The monoisotopic (exact) mass is 267 g/mol. The quantitative estimate of drug-likeness (QED) is 0.430. The topological polar surface area (TPSA) is 39.7 Å². The maximum absolute atomic E-state index is 5.82. The molecule has 5 heteroatoms. The van der Waals surface area contributed by atoms with Gasteiger partial charge in [-0.25, -0.2) is 0 Å². The van der Waals surface area contributed by atoms with E-state index < -0.39 is 0 Å². The van der Waals surface area contributed by atoms with Gasteiger partial charge in [0.1, 0.15) is 0 Å². The second kappa shape index (κ2) is 11.2. The Morgan fingerprint density at radius 2 is 1.59 bits per heavy atom. The minimum absolute atomic E-state index is 0.144. The zero-order valence-electron chi connectivity index (χ0n) is 11.3. The summed E-state index contributed by atoms with van der Waals surface area (Å²) >= 11 is 5.82. The molecule has 17 heavy (non-hydrogen) atoms. The zero-order valence-corrected chi connectivity index (χ0v) is 12.0. The summed E-state index contributed by atoms with van der Waals surface area (Å²) in [6.45, 7) is 9.24. The average Bonchev–Trinajstić information content (AvgIpc) is 2.31. The van der Waals surface area contributed by atoms with Crippen LogP contribution in [-0.2, 0) is 14.2 Å². The van der Waals surface area contributed by atoms with Crippen LogP contribution in [0.3, 0.4) is 0 Å². The molecule has 0 radical (unpaired) electrons. The molecule has 1 N–H and O–H groups in total. The molecule has 0 saturated heterocycles. The number of hydrogen-bond donors (Lipinski definition) is 1. The minimum atomic E-state index is 0.144. The van der Waals surface area contributed by atoms with Crippen LogP contribution in [0.25, 0.3) is 0 Å². The summed E-state index contributed by atoms with van der Waals surface area (Å²) in [6.07, 6.45) is 0. The van der Waals surface area contributed by atoms with Crippen molar-refractivity contribution in [3.63, 3.8) is 0 Å². The van der Waals surface area contributed by atoms with Crippen LogP contribution in [0, 0.1) is 5.41 Å². The number of halogens is 1. The molecule has 104 valence electrons. The van der Waals surface area contributed by atoms with Crippen molar-refractivity contribution < 1.29 is 14.2 Å². The van der Waals surface area contributed by atoms with Crippen molar-refractivity contribution in [1.29, 1.82) is 0 Å². The van der Waals surface area contributed by atoms with E-state index in [1.807, 2.05) is 0 Å². The van der Waals surface area contributed by atoms with Crippen LogP contribution in [-0.4, -0.2) is 59.1 Å². The third-order valence-electron chi connectivity index (χ3n) is 2.19. The Bertz CT molecular complexity index is 168. The van der Waals surface area contributed by atoms with E-state index in [9.17, 15) is 0 Å². The standard InChI is InChI=1S/C12H26ClNO3/c1-12(2,10-13)11-14-4-5-16-8-9-17-7-6-15-3/h14H,4-11H2,1-3H3. The first-order valence-corrected chi connectivity index (χ1v) is 6.57. The van der Waals surface area contributed by atoms with Gasteiger partial charge in [-0.15, -0.1) is 11.6 Å². The van der Waals surface area contributed by atoms with Crippen molar-refractivity contribution in [1.82, 2.24) is 5.32 Å². The van der Waals surface area contributed by atoms with Gasteiger partial charge in [0.05, 0.1) is 33.0 Å². The largest absolute Gasteiger partial charge is 0.382 e. The Morgan fingerprint density at radius 1 is 1.00 bits per heavy atom. The molecule has 0 unspecified atom stereocenters. The van der Waals surface area contributed by atoms with E-state index in [1.165, 1.54) is 0 Å². The van der Waals surface area contributed by atoms with Crippen molar-refractivity contribution in [3.8, 4) is 0 Å². The Hall–Kier alpha value is 0.130. The fourth-order valence-electron chi connectivity index (χ4n) is 1.08. The first kappa shape index (κ1) is 17.1. The fourth-order valence-corrected chi connectivity index (χ4v) is 1.18. The van der Waals surface area contributed by atoms with Gasteiger partial charge in [0.2, 0.25) is 0 Å². The summed E-state index contributed by atoms with van der Waals surface area (Å²) in [7, 11) is 1.66. The van der Waals surface area contributed by atoms with Crippen LogP contribution in [0.15, 0.2) is 0 Å². The molecule has 0 aliphatic carbocycles. The fraction of sp³-hybridized carbons (Fsp3) is 1.00. The van der Waals surface area contributed by atoms with Crippen LogP contribution in [0.5, 0.6) is 0 Å². The number of hydrogen-bond acceptors (Lipinski definition) is 4. The van der Waals surface area contributed by atoms with Gasteiger partial charge in [-0.1, -0.05) is 13.8 Å². The summed E-state index contributed by atoms with van der Waals surface area (Å²) in [5, 5.41) is 3.32. The molecule has 0 aromatic heterocycles. The molecule has 0 fully saturated rings. The van der Waals surface area contributed by atoms with Crippen LogP contribution in [0.2, 0.25) is 0 Å². The normalized spacial score (nSPS) is 12.0. The number of ether oxygens (including phenoxy) is 3. The second-order valence-corrected chi connectivity index (χ2v) is 4.96. The molecule has 0 aromatic carbocycles. The molecule has 0 heterocycles. The maximum atomic E-state index is 5.82. The van der Waals surface area contributed by atoms with Gasteiger partial charge < -0.3 is 19.5 Å². The smallest absolute Gasteiger partial charge is 0.0701 e. The molecule has 0 amide bonds. The lowest BCUT2D eigenvalue weighted by Gasteiger charge is -2.21. The lowest BCUT2D eigenvalue weighted by atomic mass is 9.97. The Morgan fingerprint density at radius 3 is 2.18 bits per heavy atom. The Kier molecular flexibility index (Phi) is 11.3. The zero-order chi connectivity index (χ0) is 13.0. The van der Waals surface area contributed by atoms with E-state index in [-0.39, 0.29) is 5.41 Å². The Balaban J connectivity index is 3.09. The first-order chi connectivity index (χ1) is 8.12. The lowest BCUT2D eigenvalue weighted by Crippen LogP contribution is -2.33. The third-order valence-corrected chi connectivity index (χ3v) is 2.92. The van der Waals surface area contributed by atoms with E-state index in [0.29, 0.717) is 38.9 Å². The van der Waals surface area contributed by atoms with E-state index in [0.717, 1.165) is 13.1 Å². The highest BCUT2D eigenvalue weighted by atomic mass is 35.5. The summed E-state index contributed by atoms with van der Waals surface area (Å²) in [5.41, 5.74) is 0.144. The van der Waals surface area contributed by atoms with Gasteiger partial charge in [-0.3, -0.25) is 0 Å². The van der Waals surface area contributed by atoms with Crippen molar-refractivity contribution in [2.24, 2.45) is 5.41 Å². The third kappa shape index (κ3) is 12.4. The van der Waals surface area contributed by atoms with Gasteiger partial charge in [0.25, 0.3) is 0 Å².